The van der Waals surface area contributed by atoms with E-state index in [1.54, 1.807) is 6.07 Å². The van der Waals surface area contributed by atoms with Crippen LogP contribution in [0.2, 0.25) is 0 Å². The van der Waals surface area contributed by atoms with Crippen LogP contribution in [-0.2, 0) is 6.18 Å². The molecule has 0 bridgehead atoms. The van der Waals surface area contributed by atoms with Gasteiger partial charge in [-0.25, -0.2) is 0 Å². The number of anilines is 2. The van der Waals surface area contributed by atoms with Crippen molar-refractivity contribution in [2.24, 2.45) is 0 Å². The Hall–Kier alpha value is -2.87. The van der Waals surface area contributed by atoms with Gasteiger partial charge < -0.3 is 15.1 Å². The van der Waals surface area contributed by atoms with Crippen LogP contribution in [0.3, 0.4) is 0 Å². The van der Waals surface area contributed by atoms with Crippen LogP contribution in [0.25, 0.3) is 10.8 Å². The van der Waals surface area contributed by atoms with Crippen molar-refractivity contribution in [1.82, 2.24) is 15.1 Å². The molecule has 0 aliphatic carbocycles. The lowest BCUT2D eigenvalue weighted by Gasteiger charge is -2.53. The van der Waals surface area contributed by atoms with Crippen molar-refractivity contribution in [3.05, 3.63) is 58.8 Å². The highest BCUT2D eigenvalue weighted by atomic mass is 19.4. The second-order valence-electron chi connectivity index (χ2n) is 9.49. The summed E-state index contributed by atoms with van der Waals surface area (Å²) >= 11 is 0. The molecule has 1 N–H and O–H groups in total. The minimum atomic E-state index is -4.39. The zero-order chi connectivity index (χ0) is 24.1. The molecule has 4 rings (SSSR count). The number of likely N-dealkylation sites (N-methyl/N-ethyl adjacent to an activating group) is 1. The Balaban J connectivity index is 1.67. The van der Waals surface area contributed by atoms with E-state index in [0.717, 1.165) is 41.3 Å². The molecular formula is C25H30F3N5. The molecule has 0 amide bonds. The highest BCUT2D eigenvalue weighted by molar-refractivity contribution is 5.95. The number of aromatic nitrogens is 2. The third kappa shape index (κ3) is 4.24. The quantitative estimate of drug-likeness (QED) is 0.542. The Kier molecular flexibility index (Phi) is 5.76. The minimum absolute atomic E-state index is 0.137. The van der Waals surface area contributed by atoms with E-state index in [0.29, 0.717) is 11.4 Å². The standard InChI is InChI=1S/C25H30F3N5/c1-15-19(8-7-9-22(15)25(26,27)28)16(2)29-23-21-12-18(10-11-20(21)17(3)30-31-23)33-13-24(4,14-33)32(5)6/h7-12,16H,13-14H2,1-6H3,(H,29,31). The predicted molar refractivity (Wildman–Crippen MR) is 127 cm³/mol. The highest BCUT2D eigenvalue weighted by Crippen LogP contribution is 2.37. The number of halogens is 3. The number of aryl methyl sites for hydroxylation is 1. The Bertz CT molecular complexity index is 1180. The van der Waals surface area contributed by atoms with Crippen LogP contribution in [0.4, 0.5) is 24.7 Å². The molecule has 33 heavy (non-hydrogen) atoms. The van der Waals surface area contributed by atoms with Crippen molar-refractivity contribution in [2.75, 3.05) is 37.4 Å². The summed E-state index contributed by atoms with van der Waals surface area (Å²) < 4.78 is 40.2. The van der Waals surface area contributed by atoms with Crippen LogP contribution >= 0.6 is 0 Å². The Morgan fingerprint density at radius 3 is 2.39 bits per heavy atom. The summed E-state index contributed by atoms with van der Waals surface area (Å²) in [5.41, 5.74) is 2.24. The SMILES string of the molecule is Cc1c(C(C)Nc2nnc(C)c3ccc(N4CC(C)(N(C)C)C4)cc23)cccc1C(F)(F)F. The first-order chi connectivity index (χ1) is 15.4. The van der Waals surface area contributed by atoms with Crippen LogP contribution in [0.1, 0.15) is 42.3 Å². The monoisotopic (exact) mass is 457 g/mol. The lowest BCUT2D eigenvalue weighted by atomic mass is 9.90. The first-order valence-corrected chi connectivity index (χ1v) is 11.0. The van der Waals surface area contributed by atoms with Crippen molar-refractivity contribution >= 4 is 22.3 Å². The van der Waals surface area contributed by atoms with Gasteiger partial charge in [0.2, 0.25) is 0 Å². The summed E-state index contributed by atoms with van der Waals surface area (Å²) in [7, 11) is 4.19. The first kappa shape index (κ1) is 23.3. The average molecular weight is 458 g/mol. The van der Waals surface area contributed by atoms with Gasteiger partial charge in [-0.2, -0.15) is 18.3 Å². The van der Waals surface area contributed by atoms with E-state index in [-0.39, 0.29) is 17.1 Å². The molecule has 1 aromatic heterocycles. The third-order valence-corrected chi connectivity index (χ3v) is 6.96. The fourth-order valence-electron chi connectivity index (χ4n) is 4.53. The number of hydrogen-bond acceptors (Lipinski definition) is 5. The van der Waals surface area contributed by atoms with E-state index in [1.807, 2.05) is 19.9 Å². The van der Waals surface area contributed by atoms with E-state index in [9.17, 15) is 13.2 Å². The van der Waals surface area contributed by atoms with Gasteiger partial charge in [0.15, 0.2) is 5.82 Å². The van der Waals surface area contributed by atoms with Crippen molar-refractivity contribution in [3.63, 3.8) is 0 Å². The third-order valence-electron chi connectivity index (χ3n) is 6.96. The topological polar surface area (TPSA) is 44.3 Å². The lowest BCUT2D eigenvalue weighted by molar-refractivity contribution is -0.138. The smallest absolute Gasteiger partial charge is 0.368 e. The molecule has 3 aromatic rings. The molecule has 1 aliphatic heterocycles. The molecule has 1 aliphatic rings. The van der Waals surface area contributed by atoms with Gasteiger partial charge in [0.25, 0.3) is 0 Å². The number of hydrogen-bond donors (Lipinski definition) is 1. The second-order valence-corrected chi connectivity index (χ2v) is 9.49. The summed E-state index contributed by atoms with van der Waals surface area (Å²) in [6, 6.07) is 10.2. The molecule has 1 unspecified atom stereocenters. The number of nitrogens with one attached hydrogen (secondary N) is 1. The van der Waals surface area contributed by atoms with Crippen molar-refractivity contribution in [1.29, 1.82) is 0 Å². The number of fused-ring (bicyclic) bond motifs is 1. The van der Waals surface area contributed by atoms with Gasteiger partial charge in [-0.3, -0.25) is 0 Å². The van der Waals surface area contributed by atoms with Crippen molar-refractivity contribution in [3.8, 4) is 0 Å². The number of alkyl halides is 3. The van der Waals surface area contributed by atoms with E-state index < -0.39 is 11.7 Å². The van der Waals surface area contributed by atoms with Gasteiger partial charge in [0.05, 0.1) is 22.8 Å². The van der Waals surface area contributed by atoms with Gasteiger partial charge in [-0.15, -0.1) is 5.10 Å². The van der Waals surface area contributed by atoms with Crippen LogP contribution in [0.5, 0.6) is 0 Å². The molecule has 176 valence electrons. The predicted octanol–water partition coefficient (Wildman–Crippen LogP) is 5.58. The Labute approximate surface area is 192 Å². The maximum absolute atomic E-state index is 13.4. The molecule has 2 heterocycles. The molecule has 8 heteroatoms. The normalized spacial score (nSPS) is 16.7. The van der Waals surface area contributed by atoms with E-state index in [1.165, 1.54) is 13.0 Å². The molecule has 0 spiro atoms. The summed E-state index contributed by atoms with van der Waals surface area (Å²) in [4.78, 5) is 4.56. The first-order valence-electron chi connectivity index (χ1n) is 11.0. The molecular weight excluding hydrogens is 427 g/mol. The molecule has 1 atom stereocenters. The van der Waals surface area contributed by atoms with Crippen molar-refractivity contribution < 1.29 is 13.2 Å². The zero-order valence-corrected chi connectivity index (χ0v) is 19.9. The van der Waals surface area contributed by atoms with Crippen LogP contribution in [0, 0.1) is 13.8 Å². The van der Waals surface area contributed by atoms with E-state index >= 15 is 0 Å². The van der Waals surface area contributed by atoms with Crippen molar-refractivity contribution in [2.45, 2.75) is 45.5 Å². The largest absolute Gasteiger partial charge is 0.416 e. The van der Waals surface area contributed by atoms with E-state index in [2.05, 4.69) is 58.5 Å². The summed E-state index contributed by atoms with van der Waals surface area (Å²) in [6.07, 6.45) is -4.39. The highest BCUT2D eigenvalue weighted by Gasteiger charge is 2.40. The molecule has 1 fully saturated rings. The van der Waals surface area contributed by atoms with E-state index in [4.69, 9.17) is 0 Å². The maximum Gasteiger partial charge on any atom is 0.416 e. The second kappa shape index (κ2) is 8.17. The zero-order valence-electron chi connectivity index (χ0n) is 19.9. The van der Waals surface area contributed by atoms with Crippen LogP contribution in [0.15, 0.2) is 36.4 Å². The minimum Gasteiger partial charge on any atom is -0.368 e. The van der Waals surface area contributed by atoms with Crippen LogP contribution < -0.4 is 10.2 Å². The Morgan fingerprint density at radius 2 is 1.76 bits per heavy atom. The summed E-state index contributed by atoms with van der Waals surface area (Å²) in [5, 5.41) is 13.8. The lowest BCUT2D eigenvalue weighted by Crippen LogP contribution is -2.67. The van der Waals surface area contributed by atoms with Gasteiger partial charge in [-0.05, 0) is 71.1 Å². The number of benzene rings is 2. The number of nitrogens with zero attached hydrogens (tertiary/aromatic N) is 4. The summed E-state index contributed by atoms with van der Waals surface area (Å²) in [5.74, 6) is 0.567. The molecule has 2 aromatic carbocycles. The van der Waals surface area contributed by atoms with Gasteiger partial charge in [0.1, 0.15) is 0 Å². The fraction of sp³-hybridized carbons (Fsp3) is 0.440. The summed E-state index contributed by atoms with van der Waals surface area (Å²) in [6.45, 7) is 9.35. The van der Waals surface area contributed by atoms with Gasteiger partial charge >= 0.3 is 6.18 Å². The molecule has 0 radical (unpaired) electrons. The van der Waals surface area contributed by atoms with Gasteiger partial charge in [-0.1, -0.05) is 18.2 Å². The maximum atomic E-state index is 13.4. The Morgan fingerprint density at radius 1 is 1.06 bits per heavy atom. The number of rotatable bonds is 5. The molecule has 0 saturated carbocycles. The average Bonchev–Trinajstić information content (AvgIpc) is 2.72. The fourth-order valence-corrected chi connectivity index (χ4v) is 4.53. The van der Waals surface area contributed by atoms with Crippen LogP contribution in [-0.4, -0.2) is 47.8 Å². The molecule has 1 saturated heterocycles. The molecule has 5 nitrogen and oxygen atoms in total. The van der Waals surface area contributed by atoms with Gasteiger partial charge in [0, 0.05) is 29.5 Å².